The molecule has 0 aliphatic carbocycles. The van der Waals surface area contributed by atoms with Crippen LogP contribution in [0, 0.1) is 13.8 Å². The van der Waals surface area contributed by atoms with E-state index in [-0.39, 0.29) is 24.5 Å². The normalized spacial score (nSPS) is 19.1. The summed E-state index contributed by atoms with van der Waals surface area (Å²) in [6.07, 6.45) is -0.145. The van der Waals surface area contributed by atoms with Gasteiger partial charge < -0.3 is 15.0 Å². The molecule has 108 valence electrons. The van der Waals surface area contributed by atoms with Crippen molar-refractivity contribution >= 4 is 11.8 Å². The third-order valence-corrected chi connectivity index (χ3v) is 3.61. The second kappa shape index (κ2) is 6.05. The molecule has 5 nitrogen and oxygen atoms in total. The average Bonchev–Trinajstić information content (AvgIpc) is 2.43. The summed E-state index contributed by atoms with van der Waals surface area (Å²) in [5.41, 5.74) is 2.91. The summed E-state index contributed by atoms with van der Waals surface area (Å²) in [5, 5.41) is 2.85. The van der Waals surface area contributed by atoms with Gasteiger partial charge in [0.2, 0.25) is 5.91 Å². The van der Waals surface area contributed by atoms with Crippen LogP contribution in [0.5, 0.6) is 0 Å². The van der Waals surface area contributed by atoms with Crippen LogP contribution in [0.25, 0.3) is 0 Å². The Labute approximate surface area is 118 Å². The Balaban J connectivity index is 1.89. The van der Waals surface area contributed by atoms with Gasteiger partial charge in [-0.25, -0.2) is 0 Å². The summed E-state index contributed by atoms with van der Waals surface area (Å²) >= 11 is 0. The molecular formula is C15H20N2O3. The molecule has 2 amide bonds. The van der Waals surface area contributed by atoms with Crippen molar-refractivity contribution in [3.63, 3.8) is 0 Å². The number of rotatable bonds is 3. The van der Waals surface area contributed by atoms with Gasteiger partial charge in [0.1, 0.15) is 6.61 Å². The molecule has 1 heterocycles. The Morgan fingerprint density at radius 1 is 1.40 bits per heavy atom. The molecule has 1 unspecified atom stereocenters. The number of hydrogen-bond donors (Lipinski definition) is 1. The van der Waals surface area contributed by atoms with E-state index in [0.29, 0.717) is 18.7 Å². The molecule has 20 heavy (non-hydrogen) atoms. The van der Waals surface area contributed by atoms with E-state index < -0.39 is 0 Å². The van der Waals surface area contributed by atoms with Gasteiger partial charge in [-0.1, -0.05) is 6.07 Å². The zero-order valence-electron chi connectivity index (χ0n) is 12.1. The van der Waals surface area contributed by atoms with Crippen molar-refractivity contribution in [3.8, 4) is 0 Å². The largest absolute Gasteiger partial charge is 0.365 e. The number of aryl methyl sites for hydroxylation is 2. The topological polar surface area (TPSA) is 58.6 Å². The van der Waals surface area contributed by atoms with Gasteiger partial charge in [0.25, 0.3) is 5.91 Å². The average molecular weight is 276 g/mol. The number of ether oxygens (including phenoxy) is 1. The number of benzene rings is 1. The summed E-state index contributed by atoms with van der Waals surface area (Å²) in [6.45, 7) is 4.99. The highest BCUT2D eigenvalue weighted by Gasteiger charge is 2.23. The zero-order chi connectivity index (χ0) is 14.7. The first-order chi connectivity index (χ1) is 9.47. The molecule has 0 bridgehead atoms. The van der Waals surface area contributed by atoms with Crippen LogP contribution in [0.1, 0.15) is 21.5 Å². The molecular weight excluding hydrogens is 256 g/mol. The second-order valence-electron chi connectivity index (χ2n) is 5.22. The SMILES string of the molecule is Cc1ccc(C(=O)NCC2CN(C)C(=O)CO2)cc1C. The highest BCUT2D eigenvalue weighted by atomic mass is 16.5. The fourth-order valence-electron chi connectivity index (χ4n) is 2.07. The maximum absolute atomic E-state index is 12.0. The van der Waals surface area contributed by atoms with Crippen molar-refractivity contribution in [2.75, 3.05) is 26.7 Å². The molecule has 1 atom stereocenters. The number of nitrogens with zero attached hydrogens (tertiary/aromatic N) is 1. The van der Waals surface area contributed by atoms with E-state index in [2.05, 4.69) is 5.32 Å². The van der Waals surface area contributed by atoms with E-state index in [1.807, 2.05) is 32.0 Å². The Morgan fingerprint density at radius 3 is 2.80 bits per heavy atom. The maximum Gasteiger partial charge on any atom is 0.251 e. The van der Waals surface area contributed by atoms with Crippen molar-refractivity contribution in [2.24, 2.45) is 0 Å². The van der Waals surface area contributed by atoms with E-state index in [0.717, 1.165) is 11.1 Å². The highest BCUT2D eigenvalue weighted by molar-refractivity contribution is 5.94. The summed E-state index contributed by atoms with van der Waals surface area (Å²) in [6, 6.07) is 5.63. The third kappa shape index (κ3) is 3.36. The van der Waals surface area contributed by atoms with Gasteiger partial charge in [0.15, 0.2) is 0 Å². The summed E-state index contributed by atoms with van der Waals surface area (Å²) in [5.74, 6) is -0.141. The van der Waals surface area contributed by atoms with Gasteiger partial charge in [-0.3, -0.25) is 9.59 Å². The van der Waals surface area contributed by atoms with Crippen molar-refractivity contribution in [1.29, 1.82) is 0 Å². The Kier molecular flexibility index (Phi) is 4.39. The fraction of sp³-hybridized carbons (Fsp3) is 0.467. The van der Waals surface area contributed by atoms with Crippen LogP contribution in [-0.4, -0.2) is 49.6 Å². The molecule has 1 N–H and O–H groups in total. The fourth-order valence-corrected chi connectivity index (χ4v) is 2.07. The van der Waals surface area contributed by atoms with Crippen LogP contribution in [0.2, 0.25) is 0 Å². The molecule has 1 fully saturated rings. The van der Waals surface area contributed by atoms with Gasteiger partial charge in [-0.05, 0) is 37.1 Å². The lowest BCUT2D eigenvalue weighted by molar-refractivity contribution is -0.146. The van der Waals surface area contributed by atoms with Crippen molar-refractivity contribution in [2.45, 2.75) is 20.0 Å². The Morgan fingerprint density at radius 2 is 2.15 bits per heavy atom. The lowest BCUT2D eigenvalue weighted by atomic mass is 10.1. The second-order valence-corrected chi connectivity index (χ2v) is 5.22. The van der Waals surface area contributed by atoms with E-state index in [9.17, 15) is 9.59 Å². The van der Waals surface area contributed by atoms with E-state index in [1.54, 1.807) is 11.9 Å². The number of carbonyl (C=O) groups is 2. The number of morpholine rings is 1. The van der Waals surface area contributed by atoms with Crippen LogP contribution < -0.4 is 5.32 Å². The lowest BCUT2D eigenvalue weighted by Gasteiger charge is -2.29. The smallest absolute Gasteiger partial charge is 0.251 e. The minimum atomic E-state index is -0.145. The Bertz CT molecular complexity index is 528. The van der Waals surface area contributed by atoms with Crippen molar-refractivity contribution in [3.05, 3.63) is 34.9 Å². The standard InChI is InChI=1S/C15H20N2O3/c1-10-4-5-12(6-11(10)2)15(19)16-7-13-8-17(3)14(18)9-20-13/h4-6,13H,7-9H2,1-3H3,(H,16,19). The first-order valence-electron chi connectivity index (χ1n) is 6.68. The first-order valence-corrected chi connectivity index (χ1v) is 6.68. The van der Waals surface area contributed by atoms with Crippen molar-refractivity contribution < 1.29 is 14.3 Å². The van der Waals surface area contributed by atoms with Crippen LogP contribution in [0.4, 0.5) is 0 Å². The van der Waals surface area contributed by atoms with Crippen LogP contribution in [0.3, 0.4) is 0 Å². The van der Waals surface area contributed by atoms with Gasteiger partial charge in [0, 0.05) is 25.7 Å². The lowest BCUT2D eigenvalue weighted by Crippen LogP contribution is -2.48. The predicted octanol–water partition coefficient (Wildman–Crippen LogP) is 0.890. The predicted molar refractivity (Wildman–Crippen MR) is 75.6 cm³/mol. The molecule has 2 rings (SSSR count). The number of carbonyl (C=O) groups excluding carboxylic acids is 2. The van der Waals surface area contributed by atoms with Gasteiger partial charge >= 0.3 is 0 Å². The van der Waals surface area contributed by atoms with Gasteiger partial charge in [-0.2, -0.15) is 0 Å². The molecule has 1 aromatic carbocycles. The van der Waals surface area contributed by atoms with E-state index in [1.165, 1.54) is 0 Å². The molecule has 0 spiro atoms. The van der Waals surface area contributed by atoms with Gasteiger partial charge in [-0.15, -0.1) is 0 Å². The van der Waals surface area contributed by atoms with Crippen LogP contribution >= 0.6 is 0 Å². The molecule has 5 heteroatoms. The number of hydrogen-bond acceptors (Lipinski definition) is 3. The Hall–Kier alpha value is -1.88. The maximum atomic E-state index is 12.0. The molecule has 1 aliphatic heterocycles. The van der Waals surface area contributed by atoms with E-state index in [4.69, 9.17) is 4.74 Å². The molecule has 0 aromatic heterocycles. The van der Waals surface area contributed by atoms with Gasteiger partial charge in [0.05, 0.1) is 6.10 Å². The minimum Gasteiger partial charge on any atom is -0.365 e. The van der Waals surface area contributed by atoms with E-state index >= 15 is 0 Å². The number of nitrogens with one attached hydrogen (secondary N) is 1. The quantitative estimate of drug-likeness (QED) is 0.892. The summed E-state index contributed by atoms with van der Waals surface area (Å²) in [4.78, 5) is 25.0. The summed E-state index contributed by atoms with van der Waals surface area (Å²) < 4.78 is 5.38. The number of likely N-dealkylation sites (N-methyl/N-ethyl adjacent to an activating group) is 1. The molecule has 0 radical (unpaired) electrons. The minimum absolute atomic E-state index is 0.0262. The first kappa shape index (κ1) is 14.5. The molecule has 0 saturated carbocycles. The zero-order valence-corrected chi connectivity index (χ0v) is 12.1. The molecule has 1 saturated heterocycles. The molecule has 1 aliphatic rings. The number of amides is 2. The van der Waals surface area contributed by atoms with Crippen molar-refractivity contribution in [1.82, 2.24) is 10.2 Å². The third-order valence-electron chi connectivity index (χ3n) is 3.61. The van der Waals surface area contributed by atoms with Crippen LogP contribution in [0.15, 0.2) is 18.2 Å². The highest BCUT2D eigenvalue weighted by Crippen LogP contribution is 2.10. The molecule has 1 aromatic rings. The monoisotopic (exact) mass is 276 g/mol. The van der Waals surface area contributed by atoms with Crippen LogP contribution in [-0.2, 0) is 9.53 Å². The summed E-state index contributed by atoms with van der Waals surface area (Å²) in [7, 11) is 1.74.